The highest BCUT2D eigenvalue weighted by atomic mass is 19.4. The first kappa shape index (κ1) is 19.4. The number of hydrogen-bond donors (Lipinski definition) is 1. The van der Waals surface area contributed by atoms with Crippen molar-refractivity contribution in [3.05, 3.63) is 94.3 Å². The monoisotopic (exact) mass is 409 g/mol. The van der Waals surface area contributed by atoms with Gasteiger partial charge in [-0.1, -0.05) is 36.4 Å². The molecule has 0 aliphatic heterocycles. The van der Waals surface area contributed by atoms with Crippen LogP contribution in [-0.2, 0) is 6.18 Å². The largest absolute Gasteiger partial charge is 0.508 e. The van der Waals surface area contributed by atoms with Gasteiger partial charge < -0.3 is 5.11 Å². The molecule has 1 aromatic heterocycles. The van der Waals surface area contributed by atoms with Crippen LogP contribution in [0.25, 0.3) is 22.3 Å². The predicted molar refractivity (Wildman–Crippen MR) is 108 cm³/mol. The van der Waals surface area contributed by atoms with Gasteiger partial charge in [-0.3, -0.25) is 4.79 Å². The van der Waals surface area contributed by atoms with Crippen molar-refractivity contribution < 1.29 is 18.3 Å². The molecule has 1 N–H and O–H groups in total. The van der Waals surface area contributed by atoms with Crippen LogP contribution in [0.3, 0.4) is 0 Å². The highest BCUT2D eigenvalue weighted by Crippen LogP contribution is 2.31. The maximum absolute atomic E-state index is 13.2. The molecule has 0 saturated heterocycles. The number of phenols is 1. The van der Waals surface area contributed by atoms with E-state index in [0.29, 0.717) is 11.1 Å². The maximum atomic E-state index is 13.2. The fourth-order valence-electron chi connectivity index (χ4n) is 2.98. The summed E-state index contributed by atoms with van der Waals surface area (Å²) >= 11 is 0. The average Bonchev–Trinajstić information content (AvgIpc) is 2.72. The van der Waals surface area contributed by atoms with Gasteiger partial charge in [0.2, 0.25) is 0 Å². The third kappa shape index (κ3) is 3.80. The van der Waals surface area contributed by atoms with Crippen LogP contribution in [0.2, 0.25) is 0 Å². The van der Waals surface area contributed by atoms with Gasteiger partial charge in [0.05, 0.1) is 22.7 Å². The van der Waals surface area contributed by atoms with Crippen molar-refractivity contribution in [2.75, 3.05) is 0 Å². The van der Waals surface area contributed by atoms with Crippen LogP contribution >= 0.6 is 0 Å². The molecule has 5 nitrogen and oxygen atoms in total. The molecule has 150 valence electrons. The van der Waals surface area contributed by atoms with Gasteiger partial charge in [0.25, 0.3) is 5.56 Å². The molecule has 0 fully saturated rings. The molecule has 0 unspecified atom stereocenters. The van der Waals surface area contributed by atoms with Gasteiger partial charge in [0, 0.05) is 5.56 Å². The summed E-state index contributed by atoms with van der Waals surface area (Å²) in [5.74, 6) is -0.0118. The Morgan fingerprint density at radius 1 is 0.967 bits per heavy atom. The van der Waals surface area contributed by atoms with E-state index < -0.39 is 17.3 Å². The maximum Gasteiger partial charge on any atom is 0.416 e. The van der Waals surface area contributed by atoms with Gasteiger partial charge in [0.1, 0.15) is 5.75 Å². The van der Waals surface area contributed by atoms with Crippen molar-refractivity contribution in [1.82, 2.24) is 9.66 Å². The lowest BCUT2D eigenvalue weighted by Crippen LogP contribution is -2.20. The number of aromatic nitrogens is 2. The molecule has 0 amide bonds. The standard InChI is InChI=1S/C22H14F3N3O2/c23-22(24,25)16-7-4-6-15(12-16)20-27-19-10-2-1-9-18(19)21(30)28(20)26-13-14-5-3-8-17(29)11-14/h1-13,29H. The van der Waals surface area contributed by atoms with E-state index in [9.17, 15) is 23.1 Å². The van der Waals surface area contributed by atoms with E-state index in [1.807, 2.05) is 0 Å². The molecular weight excluding hydrogens is 395 g/mol. The fourth-order valence-corrected chi connectivity index (χ4v) is 2.98. The van der Waals surface area contributed by atoms with Crippen LogP contribution in [0.4, 0.5) is 13.2 Å². The van der Waals surface area contributed by atoms with Crippen molar-refractivity contribution in [1.29, 1.82) is 0 Å². The zero-order valence-corrected chi connectivity index (χ0v) is 15.3. The topological polar surface area (TPSA) is 67.5 Å². The molecule has 0 saturated carbocycles. The molecule has 0 bridgehead atoms. The molecule has 30 heavy (non-hydrogen) atoms. The van der Waals surface area contributed by atoms with E-state index in [2.05, 4.69) is 10.1 Å². The predicted octanol–water partition coefficient (Wildman–Crippen LogP) is 4.67. The van der Waals surface area contributed by atoms with Crippen LogP contribution in [0.15, 0.2) is 82.7 Å². The summed E-state index contributed by atoms with van der Waals surface area (Å²) in [6.45, 7) is 0. The molecular formula is C22H14F3N3O2. The highest BCUT2D eigenvalue weighted by Gasteiger charge is 2.30. The number of benzene rings is 3. The second-order valence-electron chi connectivity index (χ2n) is 6.49. The second-order valence-corrected chi connectivity index (χ2v) is 6.49. The summed E-state index contributed by atoms with van der Waals surface area (Å²) in [4.78, 5) is 17.4. The molecule has 4 rings (SSSR count). The van der Waals surface area contributed by atoms with E-state index in [4.69, 9.17) is 0 Å². The van der Waals surface area contributed by atoms with E-state index in [1.165, 1.54) is 30.5 Å². The minimum Gasteiger partial charge on any atom is -0.508 e. The SMILES string of the molecule is O=c1c2ccccc2nc(-c2cccc(C(F)(F)F)c2)n1N=Cc1cccc(O)c1. The van der Waals surface area contributed by atoms with Gasteiger partial charge in [-0.15, -0.1) is 0 Å². The third-order valence-corrected chi connectivity index (χ3v) is 4.39. The number of aromatic hydroxyl groups is 1. The summed E-state index contributed by atoms with van der Waals surface area (Å²) in [5, 5.41) is 14.0. The lowest BCUT2D eigenvalue weighted by Gasteiger charge is -2.12. The Labute approximate surface area is 168 Å². The number of hydrogen-bond acceptors (Lipinski definition) is 4. The number of phenolic OH excluding ortho intramolecular Hbond substituents is 1. The van der Waals surface area contributed by atoms with Gasteiger partial charge in [-0.2, -0.15) is 22.9 Å². The van der Waals surface area contributed by atoms with Crippen LogP contribution < -0.4 is 5.56 Å². The molecule has 8 heteroatoms. The zero-order valence-electron chi connectivity index (χ0n) is 15.3. The fraction of sp³-hybridized carbons (Fsp3) is 0.0455. The van der Waals surface area contributed by atoms with Crippen molar-refractivity contribution in [2.45, 2.75) is 6.18 Å². The quantitative estimate of drug-likeness (QED) is 0.500. The lowest BCUT2D eigenvalue weighted by molar-refractivity contribution is -0.137. The molecule has 0 aliphatic carbocycles. The normalized spacial score (nSPS) is 12.0. The number of alkyl halides is 3. The number of rotatable bonds is 3. The first-order valence-electron chi connectivity index (χ1n) is 8.86. The van der Waals surface area contributed by atoms with E-state index in [0.717, 1.165) is 16.8 Å². The van der Waals surface area contributed by atoms with Crippen LogP contribution in [0, 0.1) is 0 Å². The lowest BCUT2D eigenvalue weighted by atomic mass is 10.1. The van der Waals surface area contributed by atoms with Gasteiger partial charge >= 0.3 is 6.18 Å². The Morgan fingerprint density at radius 2 is 1.73 bits per heavy atom. The summed E-state index contributed by atoms with van der Waals surface area (Å²) in [6, 6.07) is 17.3. The summed E-state index contributed by atoms with van der Waals surface area (Å²) < 4.78 is 40.5. The Kier molecular flexibility index (Phi) is 4.83. The third-order valence-electron chi connectivity index (χ3n) is 4.39. The number of para-hydroxylation sites is 1. The molecule has 1 heterocycles. The first-order chi connectivity index (χ1) is 14.3. The van der Waals surface area contributed by atoms with Crippen molar-refractivity contribution in [2.24, 2.45) is 5.10 Å². The Balaban J connectivity index is 1.95. The van der Waals surface area contributed by atoms with Crippen LogP contribution in [-0.4, -0.2) is 21.0 Å². The minimum atomic E-state index is -4.54. The number of fused-ring (bicyclic) bond motifs is 1. The van der Waals surface area contributed by atoms with Gasteiger partial charge in [0.15, 0.2) is 5.82 Å². The summed E-state index contributed by atoms with van der Waals surface area (Å²) in [7, 11) is 0. The Morgan fingerprint density at radius 3 is 2.50 bits per heavy atom. The first-order valence-corrected chi connectivity index (χ1v) is 8.86. The Bertz CT molecular complexity index is 1330. The van der Waals surface area contributed by atoms with Gasteiger partial charge in [-0.05, 0) is 42.0 Å². The number of nitrogens with zero attached hydrogens (tertiary/aromatic N) is 3. The van der Waals surface area contributed by atoms with Crippen molar-refractivity contribution >= 4 is 17.1 Å². The minimum absolute atomic E-state index is 0.0148. The summed E-state index contributed by atoms with van der Waals surface area (Å²) in [5.41, 5.74) is -0.431. The average molecular weight is 409 g/mol. The second kappa shape index (κ2) is 7.47. The summed E-state index contributed by atoms with van der Waals surface area (Å²) in [6.07, 6.45) is -3.21. The van der Waals surface area contributed by atoms with Crippen LogP contribution in [0.5, 0.6) is 5.75 Å². The van der Waals surface area contributed by atoms with Crippen LogP contribution in [0.1, 0.15) is 11.1 Å². The van der Waals surface area contributed by atoms with E-state index in [-0.39, 0.29) is 22.5 Å². The zero-order chi connectivity index (χ0) is 21.3. The van der Waals surface area contributed by atoms with E-state index in [1.54, 1.807) is 36.4 Å². The van der Waals surface area contributed by atoms with Crippen molar-refractivity contribution in [3.63, 3.8) is 0 Å². The Hall–Kier alpha value is -3.94. The molecule has 3 aromatic carbocycles. The van der Waals surface area contributed by atoms with Gasteiger partial charge in [-0.25, -0.2) is 4.98 Å². The number of halogens is 3. The smallest absolute Gasteiger partial charge is 0.416 e. The van der Waals surface area contributed by atoms with E-state index >= 15 is 0 Å². The van der Waals surface area contributed by atoms with Crippen molar-refractivity contribution in [3.8, 4) is 17.1 Å². The molecule has 0 radical (unpaired) electrons. The molecule has 4 aromatic rings. The highest BCUT2D eigenvalue weighted by molar-refractivity contribution is 5.82. The molecule has 0 aliphatic rings. The molecule has 0 atom stereocenters. The molecule has 0 spiro atoms.